The maximum Gasteiger partial charge on any atom is 0.325 e. The van der Waals surface area contributed by atoms with Crippen LogP contribution >= 0.6 is 21.6 Å². The van der Waals surface area contributed by atoms with Crippen LogP contribution in [0.5, 0.6) is 0 Å². The first-order valence-corrected chi connectivity index (χ1v) is 15.5. The summed E-state index contributed by atoms with van der Waals surface area (Å²) in [5.41, 5.74) is 11.3. The van der Waals surface area contributed by atoms with Gasteiger partial charge in [0.25, 0.3) is 0 Å². The largest absolute Gasteiger partial charge is 0.468 e. The molecule has 0 heterocycles. The lowest BCUT2D eigenvalue weighted by Crippen LogP contribution is -2.50. The Morgan fingerprint density at radius 3 is 1.23 bits per heavy atom. The van der Waals surface area contributed by atoms with Crippen LogP contribution in [0.2, 0.25) is 0 Å². The Kier molecular flexibility index (Phi) is 21.0. The number of hydrogen-bond acceptors (Lipinski definition) is 16. The van der Waals surface area contributed by atoms with Gasteiger partial charge >= 0.3 is 23.9 Å². The molecule has 0 aliphatic carbocycles. The number of hydrogen-bond donors (Lipinski definition) is 6. The van der Waals surface area contributed by atoms with Crippen molar-refractivity contribution >= 4 is 69.1 Å². The molecule has 0 aliphatic rings. The third kappa shape index (κ3) is 17.5. The highest BCUT2D eigenvalue weighted by atomic mass is 33.1. The summed E-state index contributed by atoms with van der Waals surface area (Å²) in [7, 11) is 6.68. The molecule has 20 heteroatoms. The first-order valence-electron chi connectivity index (χ1n) is 13.0. The van der Waals surface area contributed by atoms with Gasteiger partial charge in [-0.25, -0.2) is 0 Å². The highest BCUT2D eigenvalue weighted by Crippen LogP contribution is 2.23. The number of esters is 4. The van der Waals surface area contributed by atoms with Crippen LogP contribution in [0, 0.1) is 0 Å². The molecular weight excluding hydrogens is 628 g/mol. The maximum absolute atomic E-state index is 12.7. The Morgan fingerprint density at radius 1 is 0.591 bits per heavy atom. The zero-order valence-electron chi connectivity index (χ0n) is 24.8. The molecule has 8 N–H and O–H groups in total. The van der Waals surface area contributed by atoms with Gasteiger partial charge in [0.15, 0.2) is 0 Å². The Balaban J connectivity index is 5.33. The minimum atomic E-state index is -1.15. The third-order valence-electron chi connectivity index (χ3n) is 5.50. The molecular formula is C24H40N6O12S2. The van der Waals surface area contributed by atoms with Crippen molar-refractivity contribution in [3.63, 3.8) is 0 Å². The fourth-order valence-electron chi connectivity index (χ4n) is 2.95. The summed E-state index contributed by atoms with van der Waals surface area (Å²) in [6, 6.07) is -4.40. The van der Waals surface area contributed by atoms with Gasteiger partial charge in [0, 0.05) is 24.3 Å². The molecule has 0 aliphatic heterocycles. The summed E-state index contributed by atoms with van der Waals surface area (Å²) in [6.07, 6.45) is -0.515. The summed E-state index contributed by atoms with van der Waals surface area (Å²) >= 11 is 0. The highest BCUT2D eigenvalue weighted by molar-refractivity contribution is 8.76. The van der Waals surface area contributed by atoms with E-state index in [-0.39, 0.29) is 37.2 Å². The molecule has 0 aromatic heterocycles. The standard InChI is InChI=1S/C24H40N6O12S2/c1-39-19(33)9-27-21(35)15(29-17(31)7-5-13(25)23(37)41-3)11-43-44-12-16(22(36)28-10-20(34)40-2)30-18(32)8-6-14(26)24(38)42-4/h13-16H,5-12,25-26H2,1-4H3,(H,27,35)(H,28,36)(H,29,31)(H,30,32). The predicted octanol–water partition coefficient (Wildman–Crippen LogP) is -3.52. The molecule has 0 bridgehead atoms. The van der Waals surface area contributed by atoms with Gasteiger partial charge in [-0.2, -0.15) is 0 Å². The van der Waals surface area contributed by atoms with E-state index in [9.17, 15) is 38.4 Å². The summed E-state index contributed by atoms with van der Waals surface area (Å²) in [4.78, 5) is 96.1. The van der Waals surface area contributed by atoms with E-state index < -0.39 is 84.8 Å². The van der Waals surface area contributed by atoms with Crippen molar-refractivity contribution in [2.45, 2.75) is 49.9 Å². The smallest absolute Gasteiger partial charge is 0.325 e. The molecule has 4 amide bonds. The van der Waals surface area contributed by atoms with Gasteiger partial charge in [0.1, 0.15) is 37.3 Å². The van der Waals surface area contributed by atoms with E-state index in [4.69, 9.17) is 11.5 Å². The number of carbonyl (C=O) groups excluding carboxylic acids is 8. The first-order chi connectivity index (χ1) is 20.8. The fraction of sp³-hybridized carbons (Fsp3) is 0.667. The second kappa shape index (κ2) is 22.9. The quantitative estimate of drug-likeness (QED) is 0.0299. The highest BCUT2D eigenvalue weighted by Gasteiger charge is 2.26. The lowest BCUT2D eigenvalue weighted by Gasteiger charge is -2.20. The molecule has 0 radical (unpaired) electrons. The predicted molar refractivity (Wildman–Crippen MR) is 157 cm³/mol. The van der Waals surface area contributed by atoms with Crippen LogP contribution in [-0.2, 0) is 57.3 Å². The van der Waals surface area contributed by atoms with E-state index in [1.165, 1.54) is 0 Å². The molecule has 4 unspecified atom stereocenters. The molecule has 0 saturated carbocycles. The van der Waals surface area contributed by atoms with Gasteiger partial charge in [0.05, 0.1) is 28.4 Å². The van der Waals surface area contributed by atoms with Crippen LogP contribution in [0.4, 0.5) is 0 Å². The van der Waals surface area contributed by atoms with E-state index in [0.717, 1.165) is 50.0 Å². The minimum absolute atomic E-state index is 0.0507. The molecule has 0 spiro atoms. The van der Waals surface area contributed by atoms with Crippen LogP contribution in [0.15, 0.2) is 0 Å². The molecule has 0 aromatic carbocycles. The zero-order valence-corrected chi connectivity index (χ0v) is 26.5. The maximum atomic E-state index is 12.7. The number of rotatable bonds is 21. The average Bonchev–Trinajstić information content (AvgIpc) is 3.02. The van der Waals surface area contributed by atoms with Crippen molar-refractivity contribution < 1.29 is 57.3 Å². The Hall–Kier alpha value is -3.62. The Bertz CT molecular complexity index is 940. The fourth-order valence-corrected chi connectivity index (χ4v) is 5.28. The Labute approximate surface area is 261 Å². The topological polar surface area (TPSA) is 274 Å². The summed E-state index contributed by atoms with van der Waals surface area (Å²) in [6.45, 7) is -0.915. The van der Waals surface area contributed by atoms with Gasteiger partial charge in [-0.3, -0.25) is 38.4 Å². The molecule has 0 saturated heterocycles. The van der Waals surface area contributed by atoms with Crippen LogP contribution in [-0.4, -0.2) is 125 Å². The molecule has 0 aromatic rings. The van der Waals surface area contributed by atoms with E-state index >= 15 is 0 Å². The lowest BCUT2D eigenvalue weighted by atomic mass is 10.1. The van der Waals surface area contributed by atoms with Gasteiger partial charge in [-0.15, -0.1) is 0 Å². The zero-order chi connectivity index (χ0) is 33.7. The summed E-state index contributed by atoms with van der Waals surface area (Å²) < 4.78 is 18.0. The van der Waals surface area contributed by atoms with Gasteiger partial charge in [-0.1, -0.05) is 21.6 Å². The van der Waals surface area contributed by atoms with Crippen LogP contribution < -0.4 is 32.7 Å². The second-order valence-corrected chi connectivity index (χ2v) is 11.3. The normalized spacial score (nSPS) is 13.1. The van der Waals surface area contributed by atoms with Gasteiger partial charge in [-0.05, 0) is 12.8 Å². The summed E-state index contributed by atoms with van der Waals surface area (Å²) in [5.74, 6) is -5.60. The van der Waals surface area contributed by atoms with Crippen molar-refractivity contribution in [1.29, 1.82) is 0 Å². The number of carbonyl (C=O) groups is 8. The van der Waals surface area contributed by atoms with Crippen molar-refractivity contribution in [3.05, 3.63) is 0 Å². The molecule has 44 heavy (non-hydrogen) atoms. The minimum Gasteiger partial charge on any atom is -0.468 e. The molecule has 18 nitrogen and oxygen atoms in total. The number of amides is 4. The second-order valence-electron chi connectivity index (χ2n) is 8.73. The monoisotopic (exact) mass is 668 g/mol. The van der Waals surface area contributed by atoms with Gasteiger partial charge < -0.3 is 51.7 Å². The van der Waals surface area contributed by atoms with Crippen molar-refractivity contribution in [1.82, 2.24) is 21.3 Å². The van der Waals surface area contributed by atoms with E-state index in [0.29, 0.717) is 0 Å². The van der Waals surface area contributed by atoms with Gasteiger partial charge in [0.2, 0.25) is 23.6 Å². The Morgan fingerprint density at radius 2 is 0.932 bits per heavy atom. The van der Waals surface area contributed by atoms with E-state index in [1.807, 2.05) is 0 Å². The van der Waals surface area contributed by atoms with E-state index in [1.54, 1.807) is 0 Å². The summed E-state index contributed by atoms with van der Waals surface area (Å²) in [5, 5.41) is 9.67. The molecule has 250 valence electrons. The third-order valence-corrected chi connectivity index (χ3v) is 7.92. The average molecular weight is 669 g/mol. The molecule has 0 rings (SSSR count). The van der Waals surface area contributed by atoms with Crippen LogP contribution in [0.25, 0.3) is 0 Å². The van der Waals surface area contributed by atoms with E-state index in [2.05, 4.69) is 40.2 Å². The number of nitrogens with two attached hydrogens (primary N) is 2. The number of ether oxygens (including phenoxy) is 4. The SMILES string of the molecule is COC(=O)CNC(=O)C(CSSCC(NC(=O)CCC(N)C(=O)OC)C(=O)NCC(=O)OC)NC(=O)CCC(N)C(=O)OC. The molecule has 4 atom stereocenters. The van der Waals surface area contributed by atoms with Crippen LogP contribution in [0.1, 0.15) is 25.7 Å². The van der Waals surface area contributed by atoms with Crippen molar-refractivity contribution in [2.24, 2.45) is 11.5 Å². The number of nitrogens with one attached hydrogen (secondary N) is 4. The lowest BCUT2D eigenvalue weighted by molar-refractivity contribution is -0.143. The number of methoxy groups -OCH3 is 4. The molecule has 0 fully saturated rings. The van der Waals surface area contributed by atoms with Crippen molar-refractivity contribution in [2.75, 3.05) is 53.0 Å². The van der Waals surface area contributed by atoms with Crippen molar-refractivity contribution in [3.8, 4) is 0 Å². The van der Waals surface area contributed by atoms with Crippen LogP contribution in [0.3, 0.4) is 0 Å². The first kappa shape index (κ1) is 40.4.